The summed E-state index contributed by atoms with van der Waals surface area (Å²) in [7, 11) is -3.24. The summed E-state index contributed by atoms with van der Waals surface area (Å²) < 4.78 is 17.8. The molecular weight excluding hydrogens is 285 g/mol. The van der Waals surface area contributed by atoms with Gasteiger partial charge in [-0.15, -0.1) is 0 Å². The summed E-state index contributed by atoms with van der Waals surface area (Å²) in [6.45, 7) is 1.62. The van der Waals surface area contributed by atoms with E-state index in [-0.39, 0.29) is 24.4 Å². The molecule has 0 aliphatic heterocycles. The van der Waals surface area contributed by atoms with E-state index in [1.807, 2.05) is 0 Å². The van der Waals surface area contributed by atoms with E-state index in [2.05, 4.69) is 15.0 Å². The topological polar surface area (TPSA) is 139 Å². The molecule has 1 unspecified atom stereocenters. The van der Waals surface area contributed by atoms with Crippen LogP contribution >= 0.6 is 7.37 Å². The molecule has 0 bridgehead atoms. The van der Waals surface area contributed by atoms with Crippen LogP contribution in [0.2, 0.25) is 0 Å². The van der Waals surface area contributed by atoms with Crippen LogP contribution in [0, 0.1) is 0 Å². The Balaban J connectivity index is 1.97. The van der Waals surface area contributed by atoms with Crippen LogP contribution in [0.25, 0.3) is 11.2 Å². The highest BCUT2D eigenvalue weighted by atomic mass is 31.2. The van der Waals surface area contributed by atoms with Crippen molar-refractivity contribution in [2.45, 2.75) is 13.2 Å². The number of hydrogen-bond acceptors (Lipinski definition) is 7. The fraction of sp³-hybridized carbons (Fsp3) is 0.500. The molecule has 2 heterocycles. The molecule has 9 nitrogen and oxygen atoms in total. The molecule has 110 valence electrons. The molecule has 0 spiro atoms. The molecule has 0 radical (unpaired) electrons. The van der Waals surface area contributed by atoms with E-state index in [0.29, 0.717) is 18.7 Å². The lowest BCUT2D eigenvalue weighted by molar-refractivity contribution is -0.173. The number of hydrogen-bond donors (Lipinski definition) is 2. The number of aromatic nitrogens is 4. The summed E-state index contributed by atoms with van der Waals surface area (Å²) in [4.78, 5) is 32.8. The van der Waals surface area contributed by atoms with E-state index in [1.54, 1.807) is 0 Å². The van der Waals surface area contributed by atoms with Gasteiger partial charge in [0.2, 0.25) is 5.95 Å². The summed E-state index contributed by atoms with van der Waals surface area (Å²) >= 11 is 0. The fourth-order valence-electron chi connectivity index (χ4n) is 1.68. The van der Waals surface area contributed by atoms with Crippen LogP contribution in [0.1, 0.15) is 6.42 Å². The molecule has 2 aromatic rings. The predicted molar refractivity (Wildman–Crippen MR) is 71.5 cm³/mol. The van der Waals surface area contributed by atoms with Gasteiger partial charge in [0.25, 0.3) is 5.56 Å². The Labute approximate surface area is 114 Å². The van der Waals surface area contributed by atoms with Crippen molar-refractivity contribution in [3.05, 3.63) is 16.7 Å². The van der Waals surface area contributed by atoms with Gasteiger partial charge in [0.05, 0.1) is 6.33 Å². The van der Waals surface area contributed by atoms with Crippen molar-refractivity contribution in [2.75, 3.05) is 25.2 Å². The van der Waals surface area contributed by atoms with Crippen molar-refractivity contribution < 1.29 is 14.2 Å². The van der Waals surface area contributed by atoms with Gasteiger partial charge in [-0.3, -0.25) is 14.3 Å². The number of nitrogens with one attached hydrogen (secondary N) is 1. The number of fused-ring (bicyclic) bond motifs is 1. The van der Waals surface area contributed by atoms with E-state index in [1.165, 1.54) is 17.6 Å². The van der Waals surface area contributed by atoms with Gasteiger partial charge in [-0.2, -0.15) is 4.98 Å². The van der Waals surface area contributed by atoms with Gasteiger partial charge in [0, 0.05) is 14.0 Å². The molecule has 0 aliphatic rings. The first-order valence-electron chi connectivity index (χ1n) is 5.93. The molecule has 0 aliphatic carbocycles. The molecule has 0 fully saturated rings. The minimum absolute atomic E-state index is 0.00234. The third-order valence-electron chi connectivity index (χ3n) is 2.58. The molecule has 0 aromatic carbocycles. The average Bonchev–Trinajstić information content (AvgIpc) is 2.70. The number of rotatable bonds is 6. The SMILES string of the molecule is CP(=O)([O-])CCCOCn1cnc2c(=O)[nH]c(N)nc21. The van der Waals surface area contributed by atoms with Crippen molar-refractivity contribution in [3.63, 3.8) is 0 Å². The molecule has 3 N–H and O–H groups in total. The quantitative estimate of drug-likeness (QED) is 0.533. The van der Waals surface area contributed by atoms with Crippen LogP contribution in [0.4, 0.5) is 5.95 Å². The Morgan fingerprint density at radius 2 is 2.35 bits per heavy atom. The second kappa shape index (κ2) is 5.74. The van der Waals surface area contributed by atoms with Crippen molar-refractivity contribution in [1.82, 2.24) is 19.5 Å². The lowest BCUT2D eigenvalue weighted by Crippen LogP contribution is -2.13. The van der Waals surface area contributed by atoms with Crippen LogP contribution in [-0.4, -0.2) is 39.0 Å². The van der Waals surface area contributed by atoms with Gasteiger partial charge in [-0.1, -0.05) is 0 Å². The lowest BCUT2D eigenvalue weighted by Gasteiger charge is -2.16. The van der Waals surface area contributed by atoms with Crippen molar-refractivity contribution in [3.8, 4) is 0 Å². The maximum atomic E-state index is 11.5. The minimum Gasteiger partial charge on any atom is -0.799 e. The molecule has 10 heteroatoms. The molecule has 2 rings (SSSR count). The van der Waals surface area contributed by atoms with Crippen molar-refractivity contribution >= 4 is 24.5 Å². The van der Waals surface area contributed by atoms with Crippen LogP contribution in [0.15, 0.2) is 11.1 Å². The van der Waals surface area contributed by atoms with Gasteiger partial charge < -0.3 is 19.9 Å². The smallest absolute Gasteiger partial charge is 0.280 e. The lowest BCUT2D eigenvalue weighted by atomic mass is 10.5. The molecule has 0 saturated heterocycles. The monoisotopic (exact) mass is 300 g/mol. The minimum atomic E-state index is -3.24. The van der Waals surface area contributed by atoms with Gasteiger partial charge in [-0.25, -0.2) is 4.98 Å². The fourth-order valence-corrected chi connectivity index (χ4v) is 2.39. The molecule has 0 amide bonds. The maximum absolute atomic E-state index is 11.5. The molecule has 0 saturated carbocycles. The molecule has 20 heavy (non-hydrogen) atoms. The maximum Gasteiger partial charge on any atom is 0.280 e. The number of nitrogen functional groups attached to an aromatic ring is 1. The van der Waals surface area contributed by atoms with Crippen molar-refractivity contribution in [2.24, 2.45) is 0 Å². The van der Waals surface area contributed by atoms with Gasteiger partial charge in [0.15, 0.2) is 11.2 Å². The Morgan fingerprint density at radius 1 is 1.60 bits per heavy atom. The van der Waals surface area contributed by atoms with E-state index < -0.39 is 12.9 Å². The number of imidazole rings is 1. The summed E-state index contributed by atoms with van der Waals surface area (Å²) in [5.41, 5.74) is 5.56. The van der Waals surface area contributed by atoms with Crippen LogP contribution in [0.5, 0.6) is 0 Å². The van der Waals surface area contributed by atoms with E-state index in [4.69, 9.17) is 10.5 Å². The molecule has 2 aromatic heterocycles. The van der Waals surface area contributed by atoms with Gasteiger partial charge >= 0.3 is 0 Å². The first-order chi connectivity index (χ1) is 9.37. The third kappa shape index (κ3) is 3.66. The summed E-state index contributed by atoms with van der Waals surface area (Å²) in [6, 6.07) is 0. The first kappa shape index (κ1) is 14.7. The summed E-state index contributed by atoms with van der Waals surface area (Å²) in [5, 5.41) is 0. The van der Waals surface area contributed by atoms with Gasteiger partial charge in [-0.05, 0) is 19.2 Å². The Kier molecular flexibility index (Phi) is 4.22. The number of H-pyrrole nitrogens is 1. The first-order valence-corrected chi connectivity index (χ1v) is 8.18. The standard InChI is InChI=1S/C10H16N5O4P/c1-20(17,18)4-2-3-19-6-15-5-12-7-8(15)13-10(11)14-9(7)16/h5H,2-4,6H2,1H3,(H,17,18)(H3,11,13,14,16)/p-1. The van der Waals surface area contributed by atoms with Crippen LogP contribution in [-0.2, 0) is 16.0 Å². The Bertz CT molecular complexity index is 703. The largest absolute Gasteiger partial charge is 0.799 e. The Morgan fingerprint density at radius 3 is 3.05 bits per heavy atom. The summed E-state index contributed by atoms with van der Waals surface area (Å²) in [5.74, 6) is 0.00234. The number of aromatic amines is 1. The van der Waals surface area contributed by atoms with Crippen LogP contribution in [0.3, 0.4) is 0 Å². The zero-order chi connectivity index (χ0) is 14.8. The molecule has 1 atom stereocenters. The van der Waals surface area contributed by atoms with E-state index in [9.17, 15) is 14.3 Å². The molecular formula is C10H15N5O4P-. The number of ether oxygens (including phenoxy) is 1. The number of anilines is 1. The highest BCUT2D eigenvalue weighted by molar-refractivity contribution is 7.55. The summed E-state index contributed by atoms with van der Waals surface area (Å²) in [6.07, 6.45) is 1.94. The zero-order valence-corrected chi connectivity index (χ0v) is 11.8. The zero-order valence-electron chi connectivity index (χ0n) is 10.9. The van der Waals surface area contributed by atoms with E-state index >= 15 is 0 Å². The highest BCUT2D eigenvalue weighted by Gasteiger charge is 2.09. The van der Waals surface area contributed by atoms with Crippen LogP contribution < -0.4 is 16.2 Å². The number of nitrogens with zero attached hydrogens (tertiary/aromatic N) is 3. The second-order valence-electron chi connectivity index (χ2n) is 4.47. The van der Waals surface area contributed by atoms with Crippen molar-refractivity contribution in [1.29, 1.82) is 0 Å². The predicted octanol–water partition coefficient (Wildman–Crippen LogP) is -0.666. The van der Waals surface area contributed by atoms with E-state index in [0.717, 1.165) is 0 Å². The Hall–Kier alpha value is -1.70. The average molecular weight is 300 g/mol. The normalized spacial score (nSPS) is 14.5. The van der Waals surface area contributed by atoms with Gasteiger partial charge in [0.1, 0.15) is 6.73 Å². The number of nitrogens with two attached hydrogens (primary N) is 1. The second-order valence-corrected chi connectivity index (χ2v) is 6.94. The highest BCUT2D eigenvalue weighted by Crippen LogP contribution is 2.29. The third-order valence-corrected chi connectivity index (χ3v) is 3.71.